The van der Waals surface area contributed by atoms with E-state index in [4.69, 9.17) is 17.2 Å². The van der Waals surface area contributed by atoms with Crippen molar-refractivity contribution in [2.24, 2.45) is 17.2 Å². The lowest BCUT2D eigenvalue weighted by Crippen LogP contribution is -2.55. The Kier molecular flexibility index (Phi) is 10.3. The van der Waals surface area contributed by atoms with Gasteiger partial charge in [-0.05, 0) is 37.1 Å². The van der Waals surface area contributed by atoms with Crippen molar-refractivity contribution in [3.05, 3.63) is 29.8 Å². The van der Waals surface area contributed by atoms with E-state index in [1.54, 1.807) is 12.1 Å². The Morgan fingerprint density at radius 2 is 1.57 bits per heavy atom. The molecule has 30 heavy (non-hydrogen) atoms. The Labute approximate surface area is 174 Å². The summed E-state index contributed by atoms with van der Waals surface area (Å²) in [6, 6.07) is 2.38. The standard InChI is InChI=1S/C19H29N5O6/c20-8-2-1-3-13(21)17(27)23-14(9-11-4-6-12(25)7-5-11)18(28)24-15(19(29)30)10-16(22)26/h4-7,13-15,25H,1-3,8-10,20-21H2,(H2,22,26)(H,23,27)(H,24,28)(H,29,30). The van der Waals surface area contributed by atoms with Crippen LogP contribution in [0.2, 0.25) is 0 Å². The number of primary amides is 1. The third-order valence-electron chi connectivity index (χ3n) is 4.34. The number of aliphatic carboxylic acids is 1. The fourth-order valence-corrected chi connectivity index (χ4v) is 2.67. The maximum absolute atomic E-state index is 12.7. The summed E-state index contributed by atoms with van der Waals surface area (Å²) in [5, 5.41) is 23.3. The zero-order valence-corrected chi connectivity index (χ0v) is 16.5. The molecule has 0 heterocycles. The number of hydrogen-bond acceptors (Lipinski definition) is 7. The molecule has 1 aromatic rings. The van der Waals surface area contributed by atoms with E-state index in [9.17, 15) is 29.4 Å². The molecule has 10 N–H and O–H groups in total. The molecule has 1 rings (SSSR count). The van der Waals surface area contributed by atoms with E-state index in [1.807, 2.05) is 0 Å². The number of unbranched alkanes of at least 4 members (excludes halogenated alkanes) is 1. The molecule has 0 saturated carbocycles. The SMILES string of the molecule is NCCCCC(N)C(=O)NC(Cc1ccc(O)cc1)C(=O)NC(CC(N)=O)C(=O)O. The smallest absolute Gasteiger partial charge is 0.326 e. The molecule has 3 unspecified atom stereocenters. The summed E-state index contributed by atoms with van der Waals surface area (Å²) in [5.41, 5.74) is 16.9. The highest BCUT2D eigenvalue weighted by molar-refractivity contribution is 5.93. The molecule has 0 fully saturated rings. The summed E-state index contributed by atoms with van der Waals surface area (Å²) >= 11 is 0. The Hall–Kier alpha value is -3.18. The van der Waals surface area contributed by atoms with Crippen LogP contribution < -0.4 is 27.8 Å². The molecule has 0 radical (unpaired) electrons. The second-order valence-electron chi connectivity index (χ2n) is 6.89. The number of phenols is 1. The van der Waals surface area contributed by atoms with Crippen molar-refractivity contribution in [1.82, 2.24) is 10.6 Å². The molecule has 3 atom stereocenters. The van der Waals surface area contributed by atoms with Crippen LogP contribution in [0.25, 0.3) is 0 Å². The van der Waals surface area contributed by atoms with Gasteiger partial charge in [0.25, 0.3) is 0 Å². The van der Waals surface area contributed by atoms with Crippen LogP contribution in [0.3, 0.4) is 0 Å². The minimum atomic E-state index is -1.53. The molecule has 0 spiro atoms. The normalized spacial score (nSPS) is 13.7. The number of phenolic OH excluding ortho intramolecular Hbond substituents is 1. The summed E-state index contributed by atoms with van der Waals surface area (Å²) in [6.07, 6.45) is 1.12. The summed E-state index contributed by atoms with van der Waals surface area (Å²) in [5.74, 6) is -3.69. The first-order valence-electron chi connectivity index (χ1n) is 9.49. The molecular weight excluding hydrogens is 394 g/mol. The van der Waals surface area contributed by atoms with Crippen molar-refractivity contribution in [3.8, 4) is 5.75 Å². The highest BCUT2D eigenvalue weighted by Gasteiger charge is 2.29. The average molecular weight is 423 g/mol. The highest BCUT2D eigenvalue weighted by atomic mass is 16.4. The quantitative estimate of drug-likeness (QED) is 0.182. The van der Waals surface area contributed by atoms with Crippen LogP contribution in [0.1, 0.15) is 31.2 Å². The lowest BCUT2D eigenvalue weighted by Gasteiger charge is -2.23. The van der Waals surface area contributed by atoms with E-state index in [0.29, 0.717) is 31.4 Å². The van der Waals surface area contributed by atoms with Gasteiger partial charge in [0, 0.05) is 6.42 Å². The maximum Gasteiger partial charge on any atom is 0.326 e. The number of hydrogen-bond donors (Lipinski definition) is 7. The van der Waals surface area contributed by atoms with Crippen molar-refractivity contribution in [3.63, 3.8) is 0 Å². The summed E-state index contributed by atoms with van der Waals surface area (Å²) in [4.78, 5) is 47.5. The molecule has 0 aliphatic heterocycles. The van der Waals surface area contributed by atoms with Gasteiger partial charge in [-0.2, -0.15) is 0 Å². The van der Waals surface area contributed by atoms with Gasteiger partial charge in [-0.3, -0.25) is 14.4 Å². The van der Waals surface area contributed by atoms with Gasteiger partial charge in [0.1, 0.15) is 17.8 Å². The molecule has 3 amide bonds. The van der Waals surface area contributed by atoms with Crippen molar-refractivity contribution < 1.29 is 29.4 Å². The number of rotatable bonds is 13. The molecule has 0 saturated heterocycles. The highest BCUT2D eigenvalue weighted by Crippen LogP contribution is 2.12. The van der Waals surface area contributed by atoms with E-state index in [2.05, 4.69) is 10.6 Å². The number of benzene rings is 1. The van der Waals surface area contributed by atoms with Crippen LogP contribution in [-0.4, -0.2) is 58.6 Å². The maximum atomic E-state index is 12.7. The molecule has 11 nitrogen and oxygen atoms in total. The third-order valence-corrected chi connectivity index (χ3v) is 4.34. The monoisotopic (exact) mass is 423 g/mol. The largest absolute Gasteiger partial charge is 0.508 e. The van der Waals surface area contributed by atoms with E-state index in [1.165, 1.54) is 12.1 Å². The molecule has 0 bridgehead atoms. The Bertz CT molecular complexity index is 739. The Balaban J connectivity index is 2.93. The molecule has 11 heteroatoms. The fourth-order valence-electron chi connectivity index (χ4n) is 2.67. The third kappa shape index (κ3) is 8.88. The van der Waals surface area contributed by atoms with Gasteiger partial charge in [-0.1, -0.05) is 18.6 Å². The lowest BCUT2D eigenvalue weighted by atomic mass is 10.0. The number of carbonyl (C=O) groups excluding carboxylic acids is 3. The van der Waals surface area contributed by atoms with E-state index in [0.717, 1.165) is 0 Å². The zero-order chi connectivity index (χ0) is 22.7. The van der Waals surface area contributed by atoms with E-state index < -0.39 is 48.2 Å². The van der Waals surface area contributed by atoms with Crippen molar-refractivity contribution in [2.45, 2.75) is 50.2 Å². The van der Waals surface area contributed by atoms with Crippen LogP contribution in [0.5, 0.6) is 5.75 Å². The number of nitrogens with two attached hydrogens (primary N) is 3. The Morgan fingerprint density at radius 3 is 2.10 bits per heavy atom. The van der Waals surface area contributed by atoms with Crippen LogP contribution in [0.4, 0.5) is 0 Å². The lowest BCUT2D eigenvalue weighted by molar-refractivity contribution is -0.143. The van der Waals surface area contributed by atoms with Gasteiger partial charge in [0.05, 0.1) is 12.5 Å². The van der Waals surface area contributed by atoms with Crippen LogP contribution in [0.15, 0.2) is 24.3 Å². The minimum absolute atomic E-state index is 0.0102. The predicted octanol–water partition coefficient (Wildman–Crippen LogP) is -1.68. The number of nitrogens with one attached hydrogen (secondary N) is 2. The van der Waals surface area contributed by atoms with E-state index >= 15 is 0 Å². The van der Waals surface area contributed by atoms with Crippen LogP contribution in [-0.2, 0) is 25.6 Å². The molecule has 166 valence electrons. The second-order valence-corrected chi connectivity index (χ2v) is 6.89. The number of aromatic hydroxyl groups is 1. The fraction of sp³-hybridized carbons (Fsp3) is 0.474. The van der Waals surface area contributed by atoms with Gasteiger partial charge in [-0.15, -0.1) is 0 Å². The van der Waals surface area contributed by atoms with Crippen molar-refractivity contribution in [2.75, 3.05) is 6.54 Å². The number of carbonyl (C=O) groups is 4. The van der Waals surface area contributed by atoms with Gasteiger partial charge < -0.3 is 38.0 Å². The molecular formula is C19H29N5O6. The van der Waals surface area contributed by atoms with Gasteiger partial charge >= 0.3 is 5.97 Å². The first-order chi connectivity index (χ1) is 14.1. The van der Waals surface area contributed by atoms with Crippen molar-refractivity contribution >= 4 is 23.7 Å². The minimum Gasteiger partial charge on any atom is -0.508 e. The summed E-state index contributed by atoms with van der Waals surface area (Å²) < 4.78 is 0. The van der Waals surface area contributed by atoms with Crippen molar-refractivity contribution in [1.29, 1.82) is 0 Å². The molecule has 1 aromatic carbocycles. The van der Waals surface area contributed by atoms with Crippen LogP contribution in [0, 0.1) is 0 Å². The second kappa shape index (κ2) is 12.4. The predicted molar refractivity (Wildman–Crippen MR) is 108 cm³/mol. The number of carboxylic acids is 1. The average Bonchev–Trinajstić information content (AvgIpc) is 2.68. The molecule has 0 aliphatic carbocycles. The van der Waals surface area contributed by atoms with Gasteiger partial charge in [0.2, 0.25) is 17.7 Å². The van der Waals surface area contributed by atoms with Gasteiger partial charge in [0.15, 0.2) is 0 Å². The zero-order valence-electron chi connectivity index (χ0n) is 16.5. The van der Waals surface area contributed by atoms with E-state index in [-0.39, 0.29) is 12.2 Å². The number of carboxylic acid groups (broad SMARTS) is 1. The molecule has 0 aliphatic rings. The van der Waals surface area contributed by atoms with Gasteiger partial charge in [-0.25, -0.2) is 4.79 Å². The van der Waals surface area contributed by atoms with Crippen LogP contribution >= 0.6 is 0 Å². The molecule has 0 aromatic heterocycles. The first-order valence-corrected chi connectivity index (χ1v) is 9.49. The Morgan fingerprint density at radius 1 is 0.967 bits per heavy atom. The summed E-state index contributed by atoms with van der Waals surface area (Å²) in [7, 11) is 0. The topological polar surface area (TPSA) is 211 Å². The summed E-state index contributed by atoms with van der Waals surface area (Å²) in [6.45, 7) is 0.469. The first kappa shape index (κ1) is 24.9. The number of amides is 3.